The highest BCUT2D eigenvalue weighted by atomic mass is 79.9. The van der Waals surface area contributed by atoms with Crippen molar-refractivity contribution < 1.29 is 9.59 Å². The summed E-state index contributed by atoms with van der Waals surface area (Å²) in [7, 11) is 0. The maximum absolute atomic E-state index is 13.5. The minimum absolute atomic E-state index is 0.125. The number of rotatable bonds is 4. The van der Waals surface area contributed by atoms with E-state index >= 15 is 0 Å². The number of hydrogen-bond acceptors (Lipinski definition) is 4. The van der Waals surface area contributed by atoms with Crippen LogP contribution in [0.15, 0.2) is 83.6 Å². The average Bonchev–Trinajstić information content (AvgIpc) is 3.27. The molecular weight excluding hydrogens is 442 g/mol. The molecule has 0 spiro atoms. The van der Waals surface area contributed by atoms with Gasteiger partial charge in [-0.15, -0.1) is 0 Å². The van der Waals surface area contributed by atoms with Gasteiger partial charge in [-0.1, -0.05) is 52.3 Å². The number of nitrogens with zero attached hydrogens (tertiary/aromatic N) is 2. The molecule has 0 radical (unpaired) electrons. The summed E-state index contributed by atoms with van der Waals surface area (Å²) in [4.78, 5) is 32.6. The number of aromatic nitrogens is 1. The monoisotopic (exact) mass is 461 g/mol. The summed E-state index contributed by atoms with van der Waals surface area (Å²) in [5.74, 6) is -1.14. The van der Waals surface area contributed by atoms with Crippen LogP contribution in [0.4, 0.5) is 5.69 Å². The number of pyridine rings is 1. The molecule has 2 aliphatic heterocycles. The van der Waals surface area contributed by atoms with Gasteiger partial charge in [0.15, 0.2) is 0 Å². The third kappa shape index (κ3) is 3.26. The van der Waals surface area contributed by atoms with Crippen LogP contribution in [0.25, 0.3) is 0 Å². The van der Waals surface area contributed by atoms with Gasteiger partial charge in [-0.2, -0.15) is 0 Å². The predicted molar refractivity (Wildman–Crippen MR) is 118 cm³/mol. The number of halogens is 1. The summed E-state index contributed by atoms with van der Waals surface area (Å²) in [6.45, 7) is 0. The van der Waals surface area contributed by atoms with Crippen molar-refractivity contribution in [3.05, 3.63) is 94.7 Å². The molecule has 3 aromatic rings. The molecule has 1 N–H and O–H groups in total. The van der Waals surface area contributed by atoms with E-state index in [9.17, 15) is 9.59 Å². The molecule has 2 aliphatic rings. The molecule has 0 bridgehead atoms. The van der Waals surface area contributed by atoms with Crippen molar-refractivity contribution in [2.45, 2.75) is 18.5 Å². The highest BCUT2D eigenvalue weighted by Gasteiger charge is 2.59. The number of imide groups is 1. The summed E-state index contributed by atoms with van der Waals surface area (Å²) in [5.41, 5.74) is 2.69. The number of fused-ring (bicyclic) bond motifs is 1. The van der Waals surface area contributed by atoms with Crippen LogP contribution in [0, 0.1) is 11.8 Å². The van der Waals surface area contributed by atoms with Crippen LogP contribution in [0.3, 0.4) is 0 Å². The van der Waals surface area contributed by atoms with Gasteiger partial charge in [0.25, 0.3) is 0 Å². The fourth-order valence-corrected chi connectivity index (χ4v) is 4.95. The van der Waals surface area contributed by atoms with Crippen LogP contribution in [0.1, 0.15) is 17.2 Å². The van der Waals surface area contributed by atoms with Crippen molar-refractivity contribution in [3.63, 3.8) is 0 Å². The molecule has 4 atom stereocenters. The largest absolute Gasteiger partial charge is 0.305 e. The molecule has 0 unspecified atom stereocenters. The molecule has 2 fully saturated rings. The number of benzene rings is 2. The Morgan fingerprint density at radius 3 is 2.33 bits per heavy atom. The maximum atomic E-state index is 13.5. The first-order valence-corrected chi connectivity index (χ1v) is 10.8. The Morgan fingerprint density at radius 1 is 0.900 bits per heavy atom. The molecule has 30 heavy (non-hydrogen) atoms. The summed E-state index contributed by atoms with van der Waals surface area (Å²) in [6, 6.07) is 20.9. The second kappa shape index (κ2) is 7.78. The van der Waals surface area contributed by atoms with E-state index in [1.165, 1.54) is 4.90 Å². The zero-order valence-corrected chi connectivity index (χ0v) is 17.7. The van der Waals surface area contributed by atoms with E-state index in [0.717, 1.165) is 15.6 Å². The van der Waals surface area contributed by atoms with Gasteiger partial charge in [-0.05, 0) is 47.9 Å². The topological polar surface area (TPSA) is 62.3 Å². The molecule has 3 heterocycles. The first-order chi connectivity index (χ1) is 14.6. The maximum Gasteiger partial charge on any atom is 0.239 e. The Balaban J connectivity index is 1.53. The lowest BCUT2D eigenvalue weighted by atomic mass is 9.85. The summed E-state index contributed by atoms with van der Waals surface area (Å²) in [5, 5.41) is 3.58. The molecule has 2 aromatic carbocycles. The highest BCUT2D eigenvalue weighted by Crippen LogP contribution is 2.45. The van der Waals surface area contributed by atoms with Crippen molar-refractivity contribution in [1.82, 2.24) is 10.3 Å². The fourth-order valence-electron chi connectivity index (χ4n) is 4.69. The fraction of sp³-hybridized carbons (Fsp3) is 0.208. The number of carbonyl (C=O) groups is 2. The zero-order valence-electron chi connectivity index (χ0n) is 16.1. The molecule has 0 saturated carbocycles. The standard InChI is InChI=1S/C24H20BrN3O2/c25-17-8-10-18(11-9-17)28-23(29)20-19(13-15-5-2-1-3-6-15)27-22(21(20)24(28)30)16-7-4-12-26-14-16/h1-12,14,19-22,27H,13H2/t19-,20-,21+,22+/m1/s1. The SMILES string of the molecule is O=C1[C@H]2[C@H](C(=O)N1c1ccc(Br)cc1)[C@H](c1cccnc1)N[C@@H]2Cc1ccccc1. The molecule has 5 rings (SSSR count). The lowest BCUT2D eigenvalue weighted by molar-refractivity contribution is -0.123. The van der Waals surface area contributed by atoms with E-state index in [-0.39, 0.29) is 23.9 Å². The Labute approximate surface area is 183 Å². The third-order valence-electron chi connectivity index (χ3n) is 6.01. The van der Waals surface area contributed by atoms with Gasteiger partial charge < -0.3 is 5.32 Å². The van der Waals surface area contributed by atoms with Gasteiger partial charge >= 0.3 is 0 Å². The van der Waals surface area contributed by atoms with Crippen LogP contribution >= 0.6 is 15.9 Å². The minimum Gasteiger partial charge on any atom is -0.305 e. The second-order valence-corrected chi connectivity index (χ2v) is 8.68. The van der Waals surface area contributed by atoms with E-state index in [2.05, 4.69) is 38.4 Å². The Morgan fingerprint density at radius 2 is 1.63 bits per heavy atom. The normalized spacial score (nSPS) is 25.6. The van der Waals surface area contributed by atoms with Crippen molar-refractivity contribution >= 4 is 33.4 Å². The van der Waals surface area contributed by atoms with Crippen molar-refractivity contribution in [2.75, 3.05) is 4.90 Å². The first-order valence-electron chi connectivity index (χ1n) is 9.97. The number of carbonyl (C=O) groups excluding carboxylic acids is 2. The number of anilines is 1. The molecule has 1 aromatic heterocycles. The van der Waals surface area contributed by atoms with Crippen molar-refractivity contribution in [2.24, 2.45) is 11.8 Å². The van der Waals surface area contributed by atoms with Crippen LogP contribution < -0.4 is 10.2 Å². The van der Waals surface area contributed by atoms with Crippen LogP contribution in [0.2, 0.25) is 0 Å². The van der Waals surface area contributed by atoms with E-state index in [1.807, 2.05) is 42.5 Å². The summed E-state index contributed by atoms with van der Waals surface area (Å²) in [6.07, 6.45) is 4.18. The predicted octanol–water partition coefficient (Wildman–Crippen LogP) is 3.91. The van der Waals surface area contributed by atoms with Crippen molar-refractivity contribution in [3.8, 4) is 0 Å². The van der Waals surface area contributed by atoms with Gasteiger partial charge in [0.1, 0.15) is 0 Å². The van der Waals surface area contributed by atoms with E-state index < -0.39 is 11.8 Å². The minimum atomic E-state index is -0.445. The van der Waals surface area contributed by atoms with E-state index in [0.29, 0.717) is 12.1 Å². The molecule has 0 aliphatic carbocycles. The summed E-state index contributed by atoms with van der Waals surface area (Å²) >= 11 is 3.41. The quantitative estimate of drug-likeness (QED) is 0.598. The molecule has 2 amide bonds. The number of hydrogen-bond donors (Lipinski definition) is 1. The van der Waals surface area contributed by atoms with Crippen LogP contribution in [-0.2, 0) is 16.0 Å². The van der Waals surface area contributed by atoms with Gasteiger partial charge in [0, 0.05) is 29.0 Å². The highest BCUT2D eigenvalue weighted by molar-refractivity contribution is 9.10. The Kier molecular flexibility index (Phi) is 4.97. The van der Waals surface area contributed by atoms with Gasteiger partial charge in [0.05, 0.1) is 17.5 Å². The Bertz CT molecular complexity index is 1070. The van der Waals surface area contributed by atoms with Crippen LogP contribution in [0.5, 0.6) is 0 Å². The lowest BCUT2D eigenvalue weighted by Gasteiger charge is -2.22. The molecule has 2 saturated heterocycles. The van der Waals surface area contributed by atoms with Gasteiger partial charge in [-0.3, -0.25) is 14.6 Å². The third-order valence-corrected chi connectivity index (χ3v) is 6.54. The second-order valence-electron chi connectivity index (χ2n) is 7.77. The summed E-state index contributed by atoms with van der Waals surface area (Å²) < 4.78 is 0.905. The van der Waals surface area contributed by atoms with E-state index in [1.54, 1.807) is 24.5 Å². The van der Waals surface area contributed by atoms with Crippen LogP contribution in [-0.4, -0.2) is 22.8 Å². The smallest absolute Gasteiger partial charge is 0.239 e. The first kappa shape index (κ1) is 19.2. The lowest BCUT2D eigenvalue weighted by Crippen LogP contribution is -2.40. The average molecular weight is 462 g/mol. The van der Waals surface area contributed by atoms with E-state index in [4.69, 9.17) is 0 Å². The number of amides is 2. The number of nitrogens with one attached hydrogen (secondary N) is 1. The van der Waals surface area contributed by atoms with Gasteiger partial charge in [0.2, 0.25) is 11.8 Å². The zero-order chi connectivity index (χ0) is 20.7. The van der Waals surface area contributed by atoms with Crippen molar-refractivity contribution in [1.29, 1.82) is 0 Å². The molecular formula is C24H20BrN3O2. The van der Waals surface area contributed by atoms with Gasteiger partial charge in [-0.25, -0.2) is 4.90 Å². The molecule has 150 valence electrons. The molecule has 5 nitrogen and oxygen atoms in total. The Hall–Kier alpha value is -2.83. The molecule has 6 heteroatoms.